The molecule has 0 radical (unpaired) electrons. The average Bonchev–Trinajstić information content (AvgIpc) is 3.47. The molecule has 168 valence electrons. The number of hydrogen-bond acceptors (Lipinski definition) is 6. The molecule has 31 heavy (non-hydrogen) atoms. The number of carbonyl (C=O) groups is 2. The normalized spacial score (nSPS) is 25.6. The molecule has 1 saturated carbocycles. The van der Waals surface area contributed by atoms with Crippen LogP contribution in [0.25, 0.3) is 10.9 Å². The van der Waals surface area contributed by atoms with Crippen molar-refractivity contribution in [2.45, 2.75) is 63.8 Å². The van der Waals surface area contributed by atoms with Gasteiger partial charge in [0.05, 0.1) is 24.3 Å². The van der Waals surface area contributed by atoms with Crippen molar-refractivity contribution in [3.8, 4) is 0 Å². The van der Waals surface area contributed by atoms with Crippen LogP contribution < -0.4 is 21.5 Å². The van der Waals surface area contributed by atoms with Gasteiger partial charge in [0.25, 0.3) is 0 Å². The lowest BCUT2D eigenvalue weighted by Crippen LogP contribution is -2.45. The first-order chi connectivity index (χ1) is 15.0. The highest BCUT2D eigenvalue weighted by Crippen LogP contribution is 2.32. The highest BCUT2D eigenvalue weighted by Gasteiger charge is 2.37. The number of amides is 2. The summed E-state index contributed by atoms with van der Waals surface area (Å²) in [5.74, 6) is 0.412. The third-order valence-corrected chi connectivity index (χ3v) is 6.23. The Morgan fingerprint density at radius 2 is 2.13 bits per heavy atom. The third kappa shape index (κ3) is 5.34. The molecule has 2 aliphatic rings. The minimum absolute atomic E-state index is 0.0107. The van der Waals surface area contributed by atoms with Gasteiger partial charge in [0.2, 0.25) is 5.91 Å². The molecule has 1 aliphatic heterocycles. The molecule has 1 aromatic heterocycles. The molecule has 4 rings (SSSR count). The zero-order chi connectivity index (χ0) is 21.8. The predicted molar refractivity (Wildman–Crippen MR) is 117 cm³/mol. The summed E-state index contributed by atoms with van der Waals surface area (Å²) >= 11 is 0. The van der Waals surface area contributed by atoms with Crippen molar-refractivity contribution in [1.82, 2.24) is 31.3 Å². The summed E-state index contributed by atoms with van der Waals surface area (Å²) in [6, 6.07) is 6.24. The van der Waals surface area contributed by atoms with Crippen LogP contribution in [0.1, 0.15) is 44.6 Å². The van der Waals surface area contributed by atoms with Crippen LogP contribution in [0.3, 0.4) is 0 Å². The Morgan fingerprint density at radius 1 is 1.26 bits per heavy atom. The number of fused-ring (bicyclic) bond motifs is 1. The molecule has 2 heterocycles. The van der Waals surface area contributed by atoms with E-state index in [1.54, 1.807) is 0 Å². The second kappa shape index (κ2) is 9.65. The maximum Gasteiger partial charge on any atom is 0.407 e. The number of nitrogens with one attached hydrogen (secondary N) is 4. The van der Waals surface area contributed by atoms with Crippen LogP contribution in [0, 0.1) is 5.92 Å². The van der Waals surface area contributed by atoms with Gasteiger partial charge >= 0.3 is 6.09 Å². The van der Waals surface area contributed by atoms with E-state index in [1.165, 1.54) is 0 Å². The molecule has 2 fully saturated rings. The van der Waals surface area contributed by atoms with Crippen molar-refractivity contribution in [2.24, 2.45) is 13.0 Å². The summed E-state index contributed by atoms with van der Waals surface area (Å²) < 4.78 is 7.34. The number of ether oxygens (including phenoxy) is 1. The molecule has 0 spiro atoms. The van der Waals surface area contributed by atoms with Gasteiger partial charge in [-0.15, -0.1) is 0 Å². The number of hydrazine groups is 1. The van der Waals surface area contributed by atoms with Gasteiger partial charge in [0.1, 0.15) is 6.10 Å². The van der Waals surface area contributed by atoms with E-state index in [-0.39, 0.29) is 30.3 Å². The Hall–Kier alpha value is -2.65. The van der Waals surface area contributed by atoms with Gasteiger partial charge in [-0.2, -0.15) is 5.10 Å². The summed E-state index contributed by atoms with van der Waals surface area (Å²) in [5.41, 5.74) is 8.54. The molecule has 2 amide bonds. The number of alkyl carbamates (subject to hydrolysis) is 1. The first-order valence-corrected chi connectivity index (χ1v) is 11.2. The maximum absolute atomic E-state index is 12.5. The molecule has 1 saturated heterocycles. The monoisotopic (exact) mass is 428 g/mol. The minimum Gasteiger partial charge on any atom is -0.446 e. The highest BCUT2D eigenvalue weighted by molar-refractivity contribution is 5.83. The van der Waals surface area contributed by atoms with Crippen molar-refractivity contribution < 1.29 is 14.3 Å². The minimum atomic E-state index is -0.320. The molecule has 1 aliphatic carbocycles. The van der Waals surface area contributed by atoms with E-state index in [2.05, 4.69) is 26.6 Å². The Bertz CT molecular complexity index is 929. The van der Waals surface area contributed by atoms with Gasteiger partial charge in [-0.3, -0.25) is 14.9 Å². The second-order valence-electron chi connectivity index (χ2n) is 8.62. The van der Waals surface area contributed by atoms with Gasteiger partial charge in [0, 0.05) is 25.0 Å². The van der Waals surface area contributed by atoms with Crippen molar-refractivity contribution in [2.75, 3.05) is 6.54 Å². The Morgan fingerprint density at radius 3 is 2.97 bits per heavy atom. The fourth-order valence-electron chi connectivity index (χ4n) is 4.60. The largest absolute Gasteiger partial charge is 0.446 e. The topological polar surface area (TPSA) is 109 Å². The van der Waals surface area contributed by atoms with Crippen LogP contribution in [0.5, 0.6) is 0 Å². The van der Waals surface area contributed by atoms with Crippen molar-refractivity contribution in [3.63, 3.8) is 0 Å². The molecule has 4 atom stereocenters. The zero-order valence-corrected chi connectivity index (χ0v) is 18.2. The third-order valence-electron chi connectivity index (χ3n) is 6.23. The number of nitrogens with zero attached hydrogens (tertiary/aromatic N) is 2. The van der Waals surface area contributed by atoms with Crippen LogP contribution in [0.15, 0.2) is 24.4 Å². The number of benzene rings is 1. The predicted octanol–water partition coefficient (Wildman–Crippen LogP) is 1.73. The fourth-order valence-corrected chi connectivity index (χ4v) is 4.60. The SMILES string of the molecule is CCCNC(=O)O[C@@H]1CC[C@H](C2CC(NC(=O)Cc3ccc4c(cnn4C)c3)NN2)C1. The number of aromatic nitrogens is 2. The molecular formula is C22H32N6O3. The fraction of sp³-hybridized carbons (Fsp3) is 0.591. The lowest BCUT2D eigenvalue weighted by Gasteiger charge is -2.18. The first kappa shape index (κ1) is 21.6. The summed E-state index contributed by atoms with van der Waals surface area (Å²) in [6.07, 6.45) is 6.15. The number of aryl methyl sites for hydroxylation is 1. The number of hydrogen-bond donors (Lipinski definition) is 4. The second-order valence-corrected chi connectivity index (χ2v) is 8.62. The molecule has 9 heteroatoms. The van der Waals surface area contributed by atoms with Crippen molar-refractivity contribution in [1.29, 1.82) is 0 Å². The van der Waals surface area contributed by atoms with E-state index in [9.17, 15) is 9.59 Å². The molecule has 1 aromatic carbocycles. The van der Waals surface area contributed by atoms with Crippen LogP contribution in [-0.4, -0.2) is 46.6 Å². The lowest BCUT2D eigenvalue weighted by atomic mass is 9.96. The average molecular weight is 429 g/mol. The summed E-state index contributed by atoms with van der Waals surface area (Å²) in [7, 11) is 1.91. The van der Waals surface area contributed by atoms with Crippen LogP contribution in [0.4, 0.5) is 4.79 Å². The van der Waals surface area contributed by atoms with Gasteiger partial charge in [-0.25, -0.2) is 10.2 Å². The first-order valence-electron chi connectivity index (χ1n) is 11.2. The van der Waals surface area contributed by atoms with Crippen molar-refractivity contribution >= 4 is 22.9 Å². The van der Waals surface area contributed by atoms with Crippen molar-refractivity contribution in [3.05, 3.63) is 30.0 Å². The van der Waals surface area contributed by atoms with Gasteiger partial charge in [0.15, 0.2) is 0 Å². The lowest BCUT2D eigenvalue weighted by molar-refractivity contribution is -0.121. The van der Waals surface area contributed by atoms with Gasteiger partial charge < -0.3 is 15.4 Å². The smallest absolute Gasteiger partial charge is 0.407 e. The van der Waals surface area contributed by atoms with E-state index < -0.39 is 0 Å². The van der Waals surface area contributed by atoms with Gasteiger partial charge in [-0.05, 0) is 55.7 Å². The Kier molecular flexibility index (Phi) is 6.72. The van der Waals surface area contributed by atoms with E-state index >= 15 is 0 Å². The van der Waals surface area contributed by atoms with E-state index in [1.807, 2.05) is 43.0 Å². The Labute approximate surface area is 182 Å². The van der Waals surface area contributed by atoms with E-state index in [0.29, 0.717) is 18.9 Å². The zero-order valence-electron chi connectivity index (χ0n) is 18.2. The molecule has 2 unspecified atom stereocenters. The van der Waals surface area contributed by atoms with Crippen LogP contribution >= 0.6 is 0 Å². The van der Waals surface area contributed by atoms with Crippen LogP contribution in [0.2, 0.25) is 0 Å². The Balaban J connectivity index is 1.21. The summed E-state index contributed by atoms with van der Waals surface area (Å²) in [6.45, 7) is 2.65. The van der Waals surface area contributed by atoms with Crippen LogP contribution in [-0.2, 0) is 23.0 Å². The van der Waals surface area contributed by atoms with E-state index in [4.69, 9.17) is 4.74 Å². The molecule has 9 nitrogen and oxygen atoms in total. The van der Waals surface area contributed by atoms with Gasteiger partial charge in [-0.1, -0.05) is 13.0 Å². The summed E-state index contributed by atoms with van der Waals surface area (Å²) in [5, 5.41) is 11.1. The quantitative estimate of drug-likeness (QED) is 0.535. The standard InChI is InChI=1S/C22H32N6O3/c1-3-8-23-22(30)31-17-6-5-15(11-17)18-12-20(27-26-18)25-21(29)10-14-4-7-19-16(9-14)13-24-28(19)2/h4,7,9,13,15,17-18,20,26-27H,3,5-6,8,10-12H2,1-2H3,(H,23,30)(H,25,29)/t15-,17+,18?,20?/m0/s1. The summed E-state index contributed by atoms with van der Waals surface area (Å²) in [4.78, 5) is 24.3. The maximum atomic E-state index is 12.5. The number of carbonyl (C=O) groups excluding carboxylic acids is 2. The molecule has 2 aromatic rings. The van der Waals surface area contributed by atoms with E-state index in [0.717, 1.165) is 48.6 Å². The number of rotatable bonds is 7. The highest BCUT2D eigenvalue weighted by atomic mass is 16.6. The molecular weight excluding hydrogens is 396 g/mol. The molecule has 0 bridgehead atoms. The molecule has 4 N–H and O–H groups in total.